The Labute approximate surface area is 136 Å². The molecule has 2 rings (SSSR count). The molecule has 1 aliphatic heterocycles. The Morgan fingerprint density at radius 1 is 1.22 bits per heavy atom. The van der Waals surface area contributed by atoms with Crippen LogP contribution in [0.5, 0.6) is 0 Å². The average molecular weight is 335 g/mol. The van der Waals surface area contributed by atoms with Gasteiger partial charge >= 0.3 is 6.18 Å². The number of carbonyl (C=O) groups is 1. The molecule has 2 unspecified atom stereocenters. The number of hydrogen-bond donors (Lipinski definition) is 0. The van der Waals surface area contributed by atoms with Crippen molar-refractivity contribution in [3.8, 4) is 0 Å². The molecular formula is C17H28F3NO2. The van der Waals surface area contributed by atoms with Crippen molar-refractivity contribution in [1.82, 2.24) is 4.90 Å². The smallest absolute Gasteiger partial charge is 0.362 e. The van der Waals surface area contributed by atoms with Gasteiger partial charge in [0, 0.05) is 13.1 Å². The summed E-state index contributed by atoms with van der Waals surface area (Å²) in [5.41, 5.74) is -1.84. The van der Waals surface area contributed by atoms with Crippen LogP contribution in [0.15, 0.2) is 0 Å². The maximum absolute atomic E-state index is 13.3. The molecule has 1 amide bonds. The third-order valence-electron chi connectivity index (χ3n) is 6.02. The van der Waals surface area contributed by atoms with E-state index in [0.717, 1.165) is 13.1 Å². The lowest BCUT2D eigenvalue weighted by Gasteiger charge is -2.36. The SMILES string of the molecule is CCC(CC)(O[C@H](C)CC(=O)N1CC2C(C1)C2(C)C)C(F)(F)F. The van der Waals surface area contributed by atoms with Crippen molar-refractivity contribution in [3.05, 3.63) is 0 Å². The van der Waals surface area contributed by atoms with E-state index in [0.29, 0.717) is 17.3 Å². The summed E-state index contributed by atoms with van der Waals surface area (Å²) in [4.78, 5) is 14.1. The second-order valence-corrected chi connectivity index (χ2v) is 7.66. The number of likely N-dealkylation sites (tertiary alicyclic amines) is 1. The maximum Gasteiger partial charge on any atom is 0.417 e. The third kappa shape index (κ3) is 3.24. The van der Waals surface area contributed by atoms with Crippen LogP contribution in [0.25, 0.3) is 0 Å². The zero-order valence-corrected chi connectivity index (χ0v) is 14.7. The number of alkyl halides is 3. The van der Waals surface area contributed by atoms with Gasteiger partial charge in [-0.2, -0.15) is 13.2 Å². The summed E-state index contributed by atoms with van der Waals surface area (Å²) in [6.45, 7) is 10.4. The van der Waals surface area contributed by atoms with Gasteiger partial charge in [0.15, 0.2) is 5.60 Å². The molecule has 134 valence electrons. The normalized spacial score (nSPS) is 27.7. The fraction of sp³-hybridized carbons (Fsp3) is 0.941. The summed E-state index contributed by atoms with van der Waals surface area (Å²) in [6, 6.07) is 0. The van der Waals surface area contributed by atoms with E-state index < -0.39 is 17.9 Å². The Morgan fingerprint density at radius 2 is 1.70 bits per heavy atom. The fourth-order valence-electron chi connectivity index (χ4n) is 4.02. The first-order valence-electron chi connectivity index (χ1n) is 8.50. The molecule has 0 aromatic heterocycles. The van der Waals surface area contributed by atoms with Crippen molar-refractivity contribution in [2.45, 2.75) is 71.8 Å². The van der Waals surface area contributed by atoms with Gasteiger partial charge in [-0.05, 0) is 37.0 Å². The lowest BCUT2D eigenvalue weighted by Crippen LogP contribution is -2.49. The maximum atomic E-state index is 13.3. The Hall–Kier alpha value is -0.780. The first kappa shape index (κ1) is 18.6. The molecule has 1 saturated heterocycles. The predicted octanol–water partition coefficient (Wildman–Crippen LogP) is 4.02. The second kappa shape index (κ2) is 5.94. The van der Waals surface area contributed by atoms with E-state index in [2.05, 4.69) is 13.8 Å². The van der Waals surface area contributed by atoms with Crippen molar-refractivity contribution >= 4 is 5.91 Å². The van der Waals surface area contributed by atoms with E-state index in [-0.39, 0.29) is 25.2 Å². The number of amides is 1. The molecule has 3 atom stereocenters. The van der Waals surface area contributed by atoms with Gasteiger partial charge in [-0.1, -0.05) is 27.7 Å². The minimum Gasteiger partial charge on any atom is -0.362 e. The van der Waals surface area contributed by atoms with Crippen molar-refractivity contribution in [1.29, 1.82) is 0 Å². The van der Waals surface area contributed by atoms with E-state index in [9.17, 15) is 18.0 Å². The molecule has 3 nitrogen and oxygen atoms in total. The van der Waals surface area contributed by atoms with Crippen LogP contribution in [0, 0.1) is 17.3 Å². The van der Waals surface area contributed by atoms with Gasteiger partial charge in [-0.15, -0.1) is 0 Å². The topological polar surface area (TPSA) is 29.5 Å². The number of ether oxygens (including phenoxy) is 1. The lowest BCUT2D eigenvalue weighted by molar-refractivity contribution is -0.292. The van der Waals surface area contributed by atoms with E-state index in [1.807, 2.05) is 0 Å². The number of piperidine rings is 1. The Balaban J connectivity index is 1.89. The molecule has 23 heavy (non-hydrogen) atoms. The molecule has 0 aromatic rings. The zero-order chi connectivity index (χ0) is 17.6. The minimum atomic E-state index is -4.42. The highest BCUT2D eigenvalue weighted by molar-refractivity contribution is 5.77. The van der Waals surface area contributed by atoms with Crippen molar-refractivity contribution < 1.29 is 22.7 Å². The molecule has 1 aliphatic carbocycles. The highest BCUT2D eigenvalue weighted by Crippen LogP contribution is 2.62. The highest BCUT2D eigenvalue weighted by atomic mass is 19.4. The van der Waals surface area contributed by atoms with E-state index in [1.54, 1.807) is 11.8 Å². The number of fused-ring (bicyclic) bond motifs is 1. The summed E-state index contributed by atoms with van der Waals surface area (Å²) in [7, 11) is 0. The summed E-state index contributed by atoms with van der Waals surface area (Å²) < 4.78 is 45.2. The zero-order valence-electron chi connectivity index (χ0n) is 14.7. The van der Waals surface area contributed by atoms with Gasteiger partial charge in [0.1, 0.15) is 0 Å². The molecule has 2 fully saturated rings. The van der Waals surface area contributed by atoms with Crippen LogP contribution in [0.4, 0.5) is 13.2 Å². The van der Waals surface area contributed by atoms with Gasteiger partial charge in [0.25, 0.3) is 0 Å². The van der Waals surface area contributed by atoms with Gasteiger partial charge in [-0.3, -0.25) is 4.79 Å². The van der Waals surface area contributed by atoms with Gasteiger partial charge in [0.2, 0.25) is 5.91 Å². The summed E-state index contributed by atoms with van der Waals surface area (Å²) in [6.07, 6.45) is -5.44. The molecule has 0 N–H and O–H groups in total. The number of carbonyl (C=O) groups excluding carboxylic acids is 1. The summed E-state index contributed by atoms with van der Waals surface area (Å²) in [5.74, 6) is 0.996. The molecule has 6 heteroatoms. The first-order valence-corrected chi connectivity index (χ1v) is 8.50. The van der Waals surface area contributed by atoms with Crippen LogP contribution in [0.2, 0.25) is 0 Å². The molecule has 1 heterocycles. The minimum absolute atomic E-state index is 0.0116. The Bertz CT molecular complexity index is 443. The summed E-state index contributed by atoms with van der Waals surface area (Å²) >= 11 is 0. The molecular weight excluding hydrogens is 307 g/mol. The van der Waals surface area contributed by atoms with Gasteiger partial charge < -0.3 is 9.64 Å². The first-order chi connectivity index (χ1) is 10.5. The van der Waals surface area contributed by atoms with Crippen LogP contribution in [0.1, 0.15) is 53.9 Å². The predicted molar refractivity (Wildman–Crippen MR) is 81.9 cm³/mol. The van der Waals surface area contributed by atoms with Crippen LogP contribution >= 0.6 is 0 Å². The van der Waals surface area contributed by atoms with Crippen LogP contribution in [-0.4, -0.2) is 41.8 Å². The molecule has 1 saturated carbocycles. The largest absolute Gasteiger partial charge is 0.417 e. The van der Waals surface area contributed by atoms with Crippen LogP contribution < -0.4 is 0 Å². The van der Waals surface area contributed by atoms with E-state index in [4.69, 9.17) is 4.74 Å². The van der Waals surface area contributed by atoms with Gasteiger partial charge in [-0.25, -0.2) is 0 Å². The third-order valence-corrected chi connectivity index (χ3v) is 6.02. The van der Waals surface area contributed by atoms with E-state index >= 15 is 0 Å². The van der Waals surface area contributed by atoms with Gasteiger partial charge in [0.05, 0.1) is 12.5 Å². The van der Waals surface area contributed by atoms with E-state index in [1.165, 1.54) is 13.8 Å². The number of hydrogen-bond acceptors (Lipinski definition) is 2. The van der Waals surface area contributed by atoms with Crippen LogP contribution in [-0.2, 0) is 9.53 Å². The number of halogens is 3. The lowest BCUT2D eigenvalue weighted by atomic mass is 9.96. The molecule has 0 bridgehead atoms. The second-order valence-electron chi connectivity index (χ2n) is 7.66. The number of nitrogens with zero attached hydrogens (tertiary/aromatic N) is 1. The quantitative estimate of drug-likeness (QED) is 0.734. The monoisotopic (exact) mass is 335 g/mol. The fourth-order valence-corrected chi connectivity index (χ4v) is 4.02. The van der Waals surface area contributed by atoms with Crippen molar-refractivity contribution in [3.63, 3.8) is 0 Å². The molecule has 2 aliphatic rings. The molecule has 0 radical (unpaired) electrons. The molecule has 0 spiro atoms. The van der Waals surface area contributed by atoms with Crippen molar-refractivity contribution in [2.75, 3.05) is 13.1 Å². The average Bonchev–Trinajstić information content (AvgIpc) is 2.81. The standard InChI is InChI=1S/C17H28F3NO2/c1-6-16(7-2,17(18,19)20)23-11(3)8-14(22)21-9-12-13(10-21)15(12,4)5/h11-13H,6-10H2,1-5H3/t11-,12?,13?/m1/s1. The molecule has 0 aromatic carbocycles. The highest BCUT2D eigenvalue weighted by Gasteiger charge is 2.62. The Morgan fingerprint density at radius 3 is 2.09 bits per heavy atom. The van der Waals surface area contributed by atoms with Crippen molar-refractivity contribution in [2.24, 2.45) is 17.3 Å². The summed E-state index contributed by atoms with van der Waals surface area (Å²) in [5, 5.41) is 0. The van der Waals surface area contributed by atoms with Crippen LogP contribution in [0.3, 0.4) is 0 Å². The number of rotatable bonds is 6. The Kier molecular flexibility index (Phi) is 4.79.